The van der Waals surface area contributed by atoms with Crippen molar-refractivity contribution in [3.63, 3.8) is 0 Å². The minimum Gasteiger partial charge on any atom is -0.317 e. The fourth-order valence-electron chi connectivity index (χ4n) is 1.89. The Morgan fingerprint density at radius 1 is 1.19 bits per heavy atom. The molecule has 0 saturated carbocycles. The van der Waals surface area contributed by atoms with Crippen LogP contribution in [0.25, 0.3) is 0 Å². The van der Waals surface area contributed by atoms with Crippen LogP contribution >= 0.6 is 0 Å². The van der Waals surface area contributed by atoms with E-state index in [1.165, 1.54) is 25.0 Å². The molecule has 1 aliphatic heterocycles. The molecule has 16 heavy (non-hydrogen) atoms. The maximum absolute atomic E-state index is 12.7. The smallest absolute Gasteiger partial charge is 0.123 e. The van der Waals surface area contributed by atoms with Crippen molar-refractivity contribution in [3.05, 3.63) is 35.6 Å². The van der Waals surface area contributed by atoms with Crippen LogP contribution in [-0.4, -0.2) is 19.1 Å². The Labute approximate surface area is 97.3 Å². The Morgan fingerprint density at radius 3 is 2.44 bits per heavy atom. The second-order valence-electron chi connectivity index (χ2n) is 4.03. The van der Waals surface area contributed by atoms with Gasteiger partial charge in [-0.25, -0.2) is 4.39 Å². The normalized spacial score (nSPS) is 16.8. The predicted octanol–water partition coefficient (Wildman–Crippen LogP) is 2.30. The summed E-state index contributed by atoms with van der Waals surface area (Å²) in [6.07, 6.45) is 2.36. The molecule has 2 rings (SSSR count). The minimum absolute atomic E-state index is 0. The van der Waals surface area contributed by atoms with Gasteiger partial charge in [0.2, 0.25) is 0 Å². The Morgan fingerprint density at radius 2 is 1.81 bits per heavy atom. The topological polar surface area (TPSA) is 24.1 Å². The lowest BCUT2D eigenvalue weighted by Crippen LogP contribution is -2.39. The second kappa shape index (κ2) is 6.61. The summed E-state index contributed by atoms with van der Waals surface area (Å²) in [5.41, 5.74) is 1.15. The molecule has 0 aromatic heterocycles. The van der Waals surface area contributed by atoms with Gasteiger partial charge in [0.25, 0.3) is 0 Å². The molecule has 1 saturated heterocycles. The van der Waals surface area contributed by atoms with E-state index in [2.05, 4.69) is 10.6 Å². The molecule has 1 aliphatic rings. The van der Waals surface area contributed by atoms with Crippen LogP contribution in [0.4, 0.5) is 4.39 Å². The number of rotatable bonds is 3. The van der Waals surface area contributed by atoms with Crippen LogP contribution in [0.5, 0.6) is 0 Å². The van der Waals surface area contributed by atoms with Crippen molar-refractivity contribution in [2.24, 2.45) is 0 Å². The zero-order chi connectivity index (χ0) is 10.5. The van der Waals surface area contributed by atoms with E-state index in [0.29, 0.717) is 6.04 Å². The molecule has 0 atom stereocenters. The molecule has 1 heterocycles. The first-order chi connectivity index (χ1) is 7.34. The second-order valence-corrected chi connectivity index (χ2v) is 4.03. The lowest BCUT2D eigenvalue weighted by molar-refractivity contribution is 0.386. The predicted molar refractivity (Wildman–Crippen MR) is 65.9 cm³/mol. The van der Waals surface area contributed by atoms with E-state index in [0.717, 1.165) is 25.2 Å². The van der Waals surface area contributed by atoms with Crippen LogP contribution in [0.15, 0.2) is 24.3 Å². The van der Waals surface area contributed by atoms with Crippen molar-refractivity contribution < 1.29 is 4.39 Å². The molecule has 1 aromatic carbocycles. The van der Waals surface area contributed by atoms with Crippen molar-refractivity contribution in [1.82, 2.24) is 10.6 Å². The Balaban J connectivity index is 0.00000128. The van der Waals surface area contributed by atoms with Gasteiger partial charge in [-0.2, -0.15) is 0 Å². The van der Waals surface area contributed by atoms with Crippen LogP contribution in [0.3, 0.4) is 0 Å². The fraction of sp³-hybridized carbons (Fsp3) is 0.538. The minimum atomic E-state index is -0.166. The fourth-order valence-corrected chi connectivity index (χ4v) is 1.89. The van der Waals surface area contributed by atoms with Crippen molar-refractivity contribution >= 4 is 0 Å². The molecule has 0 amide bonds. The third-order valence-electron chi connectivity index (χ3n) is 2.85. The van der Waals surface area contributed by atoms with Gasteiger partial charge < -0.3 is 10.6 Å². The first-order valence-electron chi connectivity index (χ1n) is 5.53. The van der Waals surface area contributed by atoms with E-state index in [1.807, 2.05) is 12.1 Å². The SMILES string of the molecule is C.Fc1ccc(CNC2CCNCC2)cc1. The summed E-state index contributed by atoms with van der Waals surface area (Å²) in [4.78, 5) is 0. The van der Waals surface area contributed by atoms with E-state index in [1.54, 1.807) is 0 Å². The van der Waals surface area contributed by atoms with E-state index in [9.17, 15) is 4.39 Å². The molecule has 3 heteroatoms. The van der Waals surface area contributed by atoms with Crippen LogP contribution in [-0.2, 0) is 6.54 Å². The zero-order valence-electron chi connectivity index (χ0n) is 8.80. The van der Waals surface area contributed by atoms with Crippen molar-refractivity contribution in [1.29, 1.82) is 0 Å². The van der Waals surface area contributed by atoms with Gasteiger partial charge in [-0.05, 0) is 43.6 Å². The summed E-state index contributed by atoms with van der Waals surface area (Å²) in [5, 5.41) is 6.83. The number of hydrogen-bond acceptors (Lipinski definition) is 2. The van der Waals surface area contributed by atoms with Crippen molar-refractivity contribution in [3.8, 4) is 0 Å². The first kappa shape index (κ1) is 13.1. The molecule has 90 valence electrons. The maximum Gasteiger partial charge on any atom is 0.123 e. The Bertz CT molecular complexity index is 291. The first-order valence-corrected chi connectivity index (χ1v) is 5.53. The Kier molecular flexibility index (Phi) is 5.43. The third kappa shape index (κ3) is 3.91. The van der Waals surface area contributed by atoms with Crippen LogP contribution in [0, 0.1) is 5.82 Å². The molecule has 2 N–H and O–H groups in total. The average molecular weight is 224 g/mol. The van der Waals surface area contributed by atoms with E-state index in [-0.39, 0.29) is 13.2 Å². The molecule has 0 radical (unpaired) electrons. The number of piperidine rings is 1. The Hall–Kier alpha value is -0.930. The van der Waals surface area contributed by atoms with Gasteiger partial charge in [0.15, 0.2) is 0 Å². The third-order valence-corrected chi connectivity index (χ3v) is 2.85. The van der Waals surface area contributed by atoms with Crippen molar-refractivity contribution in [2.75, 3.05) is 13.1 Å². The van der Waals surface area contributed by atoms with Gasteiger partial charge in [0.05, 0.1) is 0 Å². The van der Waals surface area contributed by atoms with Gasteiger partial charge >= 0.3 is 0 Å². The molecule has 2 nitrogen and oxygen atoms in total. The number of hydrogen-bond donors (Lipinski definition) is 2. The van der Waals surface area contributed by atoms with Crippen molar-refractivity contribution in [2.45, 2.75) is 32.9 Å². The highest BCUT2D eigenvalue weighted by Crippen LogP contribution is 2.06. The van der Waals surface area contributed by atoms with Gasteiger partial charge in [-0.3, -0.25) is 0 Å². The van der Waals surface area contributed by atoms with Gasteiger partial charge in [0, 0.05) is 12.6 Å². The standard InChI is InChI=1S/C12H17FN2.CH4/c13-11-3-1-10(2-4-11)9-15-12-5-7-14-8-6-12;/h1-4,12,14-15H,5-9H2;1H4. The summed E-state index contributed by atoms with van der Waals surface area (Å²) in [7, 11) is 0. The monoisotopic (exact) mass is 224 g/mol. The number of halogens is 1. The largest absolute Gasteiger partial charge is 0.317 e. The van der Waals surface area contributed by atoms with E-state index in [4.69, 9.17) is 0 Å². The van der Waals surface area contributed by atoms with Crippen LogP contribution in [0.1, 0.15) is 25.8 Å². The van der Waals surface area contributed by atoms with Crippen LogP contribution in [0.2, 0.25) is 0 Å². The molecule has 0 aliphatic carbocycles. The summed E-state index contributed by atoms with van der Waals surface area (Å²) in [5.74, 6) is -0.166. The van der Waals surface area contributed by atoms with Gasteiger partial charge in [0.1, 0.15) is 5.82 Å². The van der Waals surface area contributed by atoms with Crippen LogP contribution < -0.4 is 10.6 Å². The number of benzene rings is 1. The van der Waals surface area contributed by atoms with Gasteiger partial charge in [-0.1, -0.05) is 19.6 Å². The average Bonchev–Trinajstić information content (AvgIpc) is 2.30. The lowest BCUT2D eigenvalue weighted by Gasteiger charge is -2.23. The molecule has 0 unspecified atom stereocenters. The summed E-state index contributed by atoms with van der Waals surface area (Å²) < 4.78 is 12.7. The molecule has 1 aromatic rings. The summed E-state index contributed by atoms with van der Waals surface area (Å²) in [6, 6.07) is 7.31. The summed E-state index contributed by atoms with van der Waals surface area (Å²) in [6.45, 7) is 3.03. The quantitative estimate of drug-likeness (QED) is 0.823. The maximum atomic E-state index is 12.7. The number of nitrogens with one attached hydrogen (secondary N) is 2. The molecule has 1 fully saturated rings. The summed E-state index contributed by atoms with van der Waals surface area (Å²) >= 11 is 0. The molecular formula is C13H21FN2. The highest BCUT2D eigenvalue weighted by Gasteiger charge is 2.11. The molecular weight excluding hydrogens is 203 g/mol. The van der Waals surface area contributed by atoms with E-state index < -0.39 is 0 Å². The highest BCUT2D eigenvalue weighted by molar-refractivity contribution is 5.15. The zero-order valence-corrected chi connectivity index (χ0v) is 8.80. The van der Waals surface area contributed by atoms with E-state index >= 15 is 0 Å². The van der Waals surface area contributed by atoms with Gasteiger partial charge in [-0.15, -0.1) is 0 Å². The highest BCUT2D eigenvalue weighted by atomic mass is 19.1. The molecule has 0 spiro atoms. The molecule has 0 bridgehead atoms. The lowest BCUT2D eigenvalue weighted by atomic mass is 10.1.